The van der Waals surface area contributed by atoms with Gasteiger partial charge in [-0.15, -0.1) is 105 Å². The number of nitrogen functional groups attached to an aromatic ring is 3. The molecule has 0 radical (unpaired) electrons. The average Bonchev–Trinajstić information content (AvgIpc) is 1.76. The van der Waals surface area contributed by atoms with E-state index in [1.807, 2.05) is 23.0 Å². The van der Waals surface area contributed by atoms with Crippen LogP contribution in [0.1, 0.15) is 192 Å². The molecule has 6 heterocycles. The van der Waals surface area contributed by atoms with Crippen LogP contribution >= 0.6 is 82.3 Å². The number of aromatic nitrogens is 12. The van der Waals surface area contributed by atoms with Crippen LogP contribution in [-0.4, -0.2) is 172 Å². The summed E-state index contributed by atoms with van der Waals surface area (Å²) in [7, 11) is 8.17. The highest BCUT2D eigenvalue weighted by atomic mass is 127. The number of nitrogens with zero attached hydrogens (tertiary/aromatic N) is 12. The van der Waals surface area contributed by atoms with Crippen molar-refractivity contribution in [2.24, 2.45) is 17.4 Å². The first-order valence-electron chi connectivity index (χ1n) is 31.8. The Kier molecular flexibility index (Phi) is 98.9. The van der Waals surface area contributed by atoms with E-state index >= 15 is 0 Å². The van der Waals surface area contributed by atoms with Gasteiger partial charge in [-0.05, 0) is 181 Å². The van der Waals surface area contributed by atoms with E-state index in [2.05, 4.69) is 168 Å². The average molecular weight is 1970 g/mol. The number of carbonyl (C=O) groups excluding carboxylic acids is 10. The molecule has 0 unspecified atom stereocenters. The first-order chi connectivity index (χ1) is 53.8. The van der Waals surface area contributed by atoms with Crippen LogP contribution in [0.5, 0.6) is 0 Å². The molecule has 0 aliphatic rings. The number of esters is 6. The molecule has 0 saturated heterocycles. The number of carbonyl (C=O) groups is 10. The van der Waals surface area contributed by atoms with Gasteiger partial charge in [-0.3, -0.25) is 46.5 Å². The van der Waals surface area contributed by atoms with Crippen molar-refractivity contribution in [1.82, 2.24) is 72.0 Å². The number of methoxy groups -OCH3 is 1. The molecule has 2 amide bonds. The molecule has 0 atom stereocenters. The lowest BCUT2D eigenvalue weighted by Gasteiger charge is -2.05. The maximum atomic E-state index is 11.5. The fourth-order valence-corrected chi connectivity index (χ4v) is 17.8. The minimum Gasteiger partial charge on any atom is -0.469 e. The zero-order chi connectivity index (χ0) is 85.1. The third-order valence-electron chi connectivity index (χ3n) is 10.4. The topological polar surface area (TPSA) is 592 Å². The number of nitrogens with two attached hydrogens (primary N) is 6. The van der Waals surface area contributed by atoms with E-state index in [0.717, 1.165) is 57.1 Å². The maximum Gasteiger partial charge on any atom is 0.398 e. The summed E-state index contributed by atoms with van der Waals surface area (Å²) in [6, 6.07) is 10.5. The normalized spacial score (nSPS) is 8.60. The quantitative estimate of drug-likeness (QED) is 0.00249. The Hall–Kier alpha value is -9.22. The second kappa shape index (κ2) is 90.1. The van der Waals surface area contributed by atoms with Gasteiger partial charge in [-0.1, -0.05) is 77.1 Å². The molecule has 0 bridgehead atoms. The Morgan fingerprint density at radius 3 is 1.35 bits per heavy atom. The van der Waals surface area contributed by atoms with E-state index in [9.17, 15) is 47.9 Å². The zero-order valence-electron chi connectivity index (χ0n) is 61.7. The number of halogens is 2. The number of hydrogen-bond donors (Lipinski definition) is 8. The molecule has 37 nitrogen and oxygen atoms in total. The minimum atomic E-state index is -1.08. The van der Waals surface area contributed by atoms with Crippen molar-refractivity contribution in [3.63, 3.8) is 0 Å². The lowest BCUT2D eigenvalue weighted by Crippen LogP contribution is -2.45. The second-order valence-corrected chi connectivity index (χ2v) is 32.8. The molecule has 0 saturated carbocycles. The van der Waals surface area contributed by atoms with Crippen molar-refractivity contribution in [3.05, 3.63) is 81.5 Å². The number of ketones is 1. The Morgan fingerprint density at radius 2 is 0.966 bits per heavy atom. The predicted molar refractivity (Wildman–Crippen MR) is 486 cm³/mol. The summed E-state index contributed by atoms with van der Waals surface area (Å²) >= 11 is 19.7. The number of nitrogens with one attached hydrogen (secondary N) is 2. The molecule has 49 heteroatoms. The SMILES string of the molecule is C.C.C.C.C.C#CCCC(=O)CN.C#CCCC(=O)NNC(=O)C(=O)OCC.C#CCCC(=O)OC.C#CCCc1nnc(C(=O)OCC)s1.CCOC(=O)C(=O)Cl.CCOC(=O)c1nnc(CCC#Cc2ccc(N)nn2)s1.CCOC(=O)c1nnc(CCCCc2ccc(N)nn2)s1.NN.Nc1ccc(I)nn1.O.S=PP=S=S=S=S. The highest BCUT2D eigenvalue weighted by Crippen LogP contribution is 2.17. The molecule has 118 heavy (non-hydrogen) atoms. The van der Waals surface area contributed by atoms with E-state index in [4.69, 9.17) is 74.4 Å². The molecule has 0 aliphatic carbocycles. The Balaban J connectivity index is -0.000000142. The van der Waals surface area contributed by atoms with Crippen molar-refractivity contribution in [3.8, 4) is 61.2 Å². The monoisotopic (exact) mass is 1960 g/mol. The Morgan fingerprint density at radius 1 is 0.542 bits per heavy atom. The number of anilines is 3. The molecule has 0 aliphatic heterocycles. The fraction of sp³-hybridized carbons (Fsp3) is 0.449. The van der Waals surface area contributed by atoms with Gasteiger partial charge in [-0.25, -0.2) is 24.0 Å². The molecule has 6 aromatic rings. The molecule has 0 aromatic carbocycles. The van der Waals surface area contributed by atoms with Crippen molar-refractivity contribution in [1.29, 1.82) is 0 Å². The van der Waals surface area contributed by atoms with Crippen molar-refractivity contribution < 1.29 is 81.8 Å². The van der Waals surface area contributed by atoms with Crippen LogP contribution in [0.2, 0.25) is 0 Å². The summed E-state index contributed by atoms with van der Waals surface area (Å²) in [6.45, 7) is 9.81. The van der Waals surface area contributed by atoms with Crippen LogP contribution in [0, 0.1) is 64.9 Å². The van der Waals surface area contributed by atoms with E-state index < -0.39 is 46.9 Å². The number of hydrazine groups is 2. The molecular formula is C69H104ClIN20O17P2S8. The minimum absolute atomic E-state index is 0. The third kappa shape index (κ3) is 75.5. The number of aryl methyl sites for hydroxylation is 4. The van der Waals surface area contributed by atoms with Crippen LogP contribution in [-0.2, 0) is 138 Å². The summed E-state index contributed by atoms with van der Waals surface area (Å²) in [5.74, 6) is 19.5. The molecule has 654 valence electrons. The van der Waals surface area contributed by atoms with Crippen LogP contribution in [0.15, 0.2) is 36.4 Å². The Labute approximate surface area is 742 Å². The maximum absolute atomic E-state index is 11.5. The predicted octanol–water partition coefficient (Wildman–Crippen LogP) is 7.48. The fourth-order valence-electron chi connectivity index (χ4n) is 5.65. The molecule has 6 rings (SSSR count). The van der Waals surface area contributed by atoms with Gasteiger partial charge in [0.25, 0.3) is 0 Å². The first-order valence-corrected chi connectivity index (χ1v) is 44.2. The summed E-state index contributed by atoms with van der Waals surface area (Å²) in [6.07, 6.45) is 27.9. The number of hydrogen-bond acceptors (Lipinski definition) is 39. The summed E-state index contributed by atoms with van der Waals surface area (Å²) < 4.78 is 28.2. The number of terminal acetylenes is 4. The number of unbranched alkanes of at least 4 members (excludes halogenated alkanes) is 1. The van der Waals surface area contributed by atoms with Crippen LogP contribution in [0.4, 0.5) is 17.5 Å². The number of rotatable bonds is 26. The van der Waals surface area contributed by atoms with Crippen molar-refractivity contribution in [2.75, 3.05) is 63.9 Å². The summed E-state index contributed by atoms with van der Waals surface area (Å²) in [5, 5.41) is 47.9. The van der Waals surface area contributed by atoms with Gasteiger partial charge in [-0.2, -0.15) is 5.10 Å². The lowest BCUT2D eigenvalue weighted by atomic mass is 10.1. The summed E-state index contributed by atoms with van der Waals surface area (Å²) in [5.41, 5.74) is 26.6. The number of ether oxygens (including phenoxy) is 6. The standard InChI is InChI=1S/C13H17N5O2S.C13H13N5O2S.C9H12N2O4.C9H10N2O2S.C6H9NO.C6H8O2.C4H5ClO3.C4H4IN3.5CH4.H4N2.H2O.P2S5/c2*1-2-20-13(19)12-18-17-11(21-12)6-4-3-5-9-7-8-10(14)16-15-9;1-3-5-6-7(12)10-11-8(13)9(14)15-4-2;1-3-5-6-7-10-11-8(14-7)9(12)13-4-2;1-2-3-4-6(8)5-7;1-3-4-5-6(7)8-2;1-2-8-4(7)3(5)6;5-3-1-2-4(6)8-7-3;;;;;;1-2;;3-1-2-5-7-6-4/h7-8H,2-6H2,1H3,(H2,14,16);7-8H,2,4,6H2,1H3,(H2,14,16);1H,4-6H2,2H3,(H,10,12)(H,11,13);1H,4-6H2,2H3;1H,3-5,7H2;1H,4-5H2,2H3;2H2,1H3;1-2H,(H2,6,8);5*1H4;1-2H2;1H2;. The van der Waals surface area contributed by atoms with Crippen molar-refractivity contribution >= 4 is 209 Å². The largest absolute Gasteiger partial charge is 0.469 e. The summed E-state index contributed by atoms with van der Waals surface area (Å²) in [4.78, 5) is 107. The van der Waals surface area contributed by atoms with Crippen LogP contribution in [0.25, 0.3) is 0 Å². The van der Waals surface area contributed by atoms with Gasteiger partial charge >= 0.3 is 47.0 Å². The smallest absolute Gasteiger partial charge is 0.398 e. The van der Waals surface area contributed by atoms with Gasteiger partial charge in [0.1, 0.15) is 47.7 Å². The third-order valence-corrected chi connectivity index (χ3v) is 24.0. The van der Waals surface area contributed by atoms with Crippen LogP contribution in [0.3, 0.4) is 0 Å². The van der Waals surface area contributed by atoms with Gasteiger partial charge < -0.3 is 56.8 Å². The Bertz CT molecular complexity index is 4150. The molecule has 16 N–H and O–H groups in total. The van der Waals surface area contributed by atoms with E-state index in [1.165, 1.54) is 57.0 Å². The second-order valence-electron chi connectivity index (χ2n) is 18.5. The molecule has 0 fully saturated rings. The van der Waals surface area contributed by atoms with E-state index in [0.29, 0.717) is 104 Å². The highest BCUT2D eigenvalue weighted by Gasteiger charge is 2.17. The molecular weight excluding hydrogens is 1860 g/mol. The van der Waals surface area contributed by atoms with Gasteiger partial charge in [0.05, 0.1) is 58.8 Å². The first kappa shape index (κ1) is 130. The molecule has 0 spiro atoms. The lowest BCUT2D eigenvalue weighted by molar-refractivity contribution is -0.155. The zero-order valence-corrected chi connectivity index (χ0v) is 72.9. The van der Waals surface area contributed by atoms with E-state index in [1.54, 1.807) is 77.3 Å². The van der Waals surface area contributed by atoms with E-state index in [-0.39, 0.29) is 92.0 Å². The number of amides is 2. The highest BCUT2D eigenvalue weighted by molar-refractivity contribution is 14.1. The van der Waals surface area contributed by atoms with Crippen LogP contribution < -0.4 is 45.5 Å². The van der Waals surface area contributed by atoms with Crippen molar-refractivity contribution in [2.45, 2.75) is 162 Å². The van der Waals surface area contributed by atoms with Gasteiger partial charge in [0, 0.05) is 78.3 Å². The van der Waals surface area contributed by atoms with Gasteiger partial charge in [0.15, 0.2) is 0 Å². The van der Waals surface area contributed by atoms with Gasteiger partial charge in [0.2, 0.25) is 20.9 Å². The number of Topliss-reactive ketones (excluding diaryl/α,β-unsaturated/α-hetero) is 1. The molecule has 6 aromatic heterocycles.